The number of carbonyl (C=O) groups is 1. The number of nitrogens with one attached hydrogen (secondary N) is 1. The highest BCUT2D eigenvalue weighted by Crippen LogP contribution is 2.28. The van der Waals surface area contributed by atoms with Crippen LogP contribution in [0.3, 0.4) is 0 Å². The zero-order valence-corrected chi connectivity index (χ0v) is 14.3. The number of carbonyl (C=O) groups excluding carboxylic acids is 1. The zero-order chi connectivity index (χ0) is 19.4. The quantitative estimate of drug-likeness (QED) is 0.607. The zero-order valence-electron chi connectivity index (χ0n) is 14.3. The monoisotopic (exact) mass is 380 g/mol. The molecule has 0 saturated carbocycles. The molecule has 8 heteroatoms. The normalized spacial score (nSPS) is 15.4. The molecule has 142 valence electrons. The first-order valence-electron chi connectivity index (χ1n) is 8.39. The average Bonchev–Trinajstić information content (AvgIpc) is 2.66. The van der Waals surface area contributed by atoms with Gasteiger partial charge in [0.1, 0.15) is 25.1 Å². The number of benzene rings is 1. The second-order valence-corrected chi connectivity index (χ2v) is 6.16. The van der Waals surface area contributed by atoms with Gasteiger partial charge < -0.3 is 4.90 Å². The third kappa shape index (κ3) is 4.84. The van der Waals surface area contributed by atoms with E-state index in [9.17, 15) is 22.4 Å². The van der Waals surface area contributed by atoms with E-state index in [1.807, 2.05) is 4.90 Å². The van der Waals surface area contributed by atoms with Crippen LogP contribution < -0.4 is 9.88 Å². The minimum absolute atomic E-state index is 0.185. The Morgan fingerprint density at radius 1 is 1.07 bits per heavy atom. The third-order valence-corrected chi connectivity index (χ3v) is 4.32. The average molecular weight is 380 g/mol. The highest BCUT2D eigenvalue weighted by molar-refractivity contribution is 5.91. The van der Waals surface area contributed by atoms with Gasteiger partial charge in [-0.2, -0.15) is 13.2 Å². The molecule has 0 bridgehead atoms. The van der Waals surface area contributed by atoms with Crippen LogP contribution in [0.15, 0.2) is 48.7 Å². The fourth-order valence-corrected chi connectivity index (χ4v) is 2.84. The summed E-state index contributed by atoms with van der Waals surface area (Å²) in [5.74, 6) is 0.0201. The number of anilines is 1. The van der Waals surface area contributed by atoms with Crippen LogP contribution in [0.1, 0.15) is 11.1 Å². The molecule has 4 nitrogen and oxygen atoms in total. The fraction of sp³-hybridized carbons (Fsp3) is 0.263. The molecule has 1 N–H and O–H groups in total. The lowest BCUT2D eigenvalue weighted by atomic mass is 10.2. The Labute approximate surface area is 153 Å². The minimum Gasteiger partial charge on any atom is -0.331 e. The van der Waals surface area contributed by atoms with E-state index in [1.54, 1.807) is 23.1 Å². The Balaban J connectivity index is 1.56. The van der Waals surface area contributed by atoms with Gasteiger partial charge in [0.05, 0.1) is 18.7 Å². The van der Waals surface area contributed by atoms with Gasteiger partial charge in [-0.05, 0) is 29.8 Å². The number of aromatic nitrogens is 1. The van der Waals surface area contributed by atoms with E-state index >= 15 is 0 Å². The maximum Gasteiger partial charge on any atom is 0.419 e. The molecule has 3 rings (SSSR count). The predicted octanol–water partition coefficient (Wildman–Crippen LogP) is 3.02. The summed E-state index contributed by atoms with van der Waals surface area (Å²) in [5.41, 5.74) is -0.135. The number of alkyl halides is 3. The number of hydrogen-bond donors (Lipinski definition) is 0. The molecule has 1 aromatic heterocycles. The van der Waals surface area contributed by atoms with E-state index in [-0.39, 0.29) is 11.7 Å². The lowest BCUT2D eigenvalue weighted by Crippen LogP contribution is -2.49. The summed E-state index contributed by atoms with van der Waals surface area (Å²) in [5, 5.41) is 0. The highest BCUT2D eigenvalue weighted by atomic mass is 19.4. The Morgan fingerprint density at radius 2 is 1.81 bits per heavy atom. The number of pyridine rings is 1. The van der Waals surface area contributed by atoms with Crippen molar-refractivity contribution in [2.45, 2.75) is 6.18 Å². The van der Waals surface area contributed by atoms with Gasteiger partial charge in [0, 0.05) is 12.1 Å². The Kier molecular flexibility index (Phi) is 5.43. The minimum atomic E-state index is -4.38. The summed E-state index contributed by atoms with van der Waals surface area (Å²) in [6.45, 7) is 1.89. The summed E-state index contributed by atoms with van der Waals surface area (Å²) in [6.07, 6.45) is -0.487. The summed E-state index contributed by atoms with van der Waals surface area (Å²) in [7, 11) is 0. The number of rotatable bonds is 3. The number of nitrogens with zero attached hydrogens (tertiary/aromatic N) is 2. The van der Waals surface area contributed by atoms with Crippen molar-refractivity contribution in [1.82, 2.24) is 4.90 Å². The van der Waals surface area contributed by atoms with Gasteiger partial charge in [0.25, 0.3) is 5.82 Å². The van der Waals surface area contributed by atoms with E-state index in [2.05, 4.69) is 4.98 Å². The van der Waals surface area contributed by atoms with Gasteiger partial charge in [-0.1, -0.05) is 12.1 Å². The number of hydrogen-bond acceptors (Lipinski definition) is 2. The standard InChI is InChI=1S/C19H17F4N3O/c20-16-3-1-2-14(12-16)4-7-18(27)26-10-8-25(9-11-26)17-6-5-15(13-24-17)19(21,22)23/h1-7,12-13H,8-11H2/p+1/b7-4+. The molecule has 2 aromatic rings. The van der Waals surface area contributed by atoms with Crippen LogP contribution in [0.5, 0.6) is 0 Å². The van der Waals surface area contributed by atoms with Crippen molar-refractivity contribution in [2.75, 3.05) is 31.1 Å². The van der Waals surface area contributed by atoms with Gasteiger partial charge in [0.2, 0.25) is 5.91 Å². The molecule has 1 fully saturated rings. The highest BCUT2D eigenvalue weighted by Gasteiger charge is 2.32. The van der Waals surface area contributed by atoms with Crippen LogP contribution in [0.4, 0.5) is 23.4 Å². The van der Waals surface area contributed by atoms with Gasteiger partial charge in [-0.25, -0.2) is 9.37 Å². The van der Waals surface area contributed by atoms with Gasteiger partial charge in [-0.15, -0.1) is 0 Å². The van der Waals surface area contributed by atoms with Crippen LogP contribution in [0, 0.1) is 5.82 Å². The molecule has 1 aliphatic rings. The van der Waals surface area contributed by atoms with Crippen molar-refractivity contribution in [3.8, 4) is 0 Å². The SMILES string of the molecule is O=C(/C=C/c1cccc(F)c1)N1CCN(c2ccc(C(F)(F)F)c[nH+]2)CC1. The van der Waals surface area contributed by atoms with E-state index in [0.29, 0.717) is 37.6 Å². The lowest BCUT2D eigenvalue weighted by Gasteiger charge is -2.30. The van der Waals surface area contributed by atoms with Crippen LogP contribution in [0.2, 0.25) is 0 Å². The second-order valence-electron chi connectivity index (χ2n) is 6.16. The lowest BCUT2D eigenvalue weighted by molar-refractivity contribution is -0.367. The molecular weight excluding hydrogens is 362 g/mol. The van der Waals surface area contributed by atoms with E-state index in [0.717, 1.165) is 12.3 Å². The van der Waals surface area contributed by atoms with Crippen molar-refractivity contribution < 1.29 is 27.3 Å². The number of piperazine rings is 1. The van der Waals surface area contributed by atoms with Gasteiger partial charge in [-0.3, -0.25) is 9.69 Å². The van der Waals surface area contributed by atoms with Crippen LogP contribution in [0.25, 0.3) is 6.08 Å². The fourth-order valence-electron chi connectivity index (χ4n) is 2.84. The molecule has 0 unspecified atom stereocenters. The summed E-state index contributed by atoms with van der Waals surface area (Å²) in [6, 6.07) is 8.36. The molecule has 27 heavy (non-hydrogen) atoms. The van der Waals surface area contributed by atoms with Crippen molar-refractivity contribution >= 4 is 17.8 Å². The largest absolute Gasteiger partial charge is 0.419 e. The number of halogens is 4. The maximum atomic E-state index is 13.1. The molecule has 1 saturated heterocycles. The first kappa shape index (κ1) is 18.9. The summed E-state index contributed by atoms with van der Waals surface area (Å²) in [4.78, 5) is 18.4. The first-order valence-corrected chi connectivity index (χ1v) is 8.39. The van der Waals surface area contributed by atoms with Crippen molar-refractivity contribution in [3.05, 3.63) is 65.6 Å². The molecular formula is C19H18F4N3O+. The second kappa shape index (κ2) is 7.77. The maximum absolute atomic E-state index is 13.1. The molecule has 1 aliphatic heterocycles. The summed E-state index contributed by atoms with van der Waals surface area (Å²) < 4.78 is 51.0. The van der Waals surface area contributed by atoms with E-state index < -0.39 is 11.7 Å². The molecule has 0 spiro atoms. The van der Waals surface area contributed by atoms with Crippen LogP contribution >= 0.6 is 0 Å². The van der Waals surface area contributed by atoms with E-state index in [4.69, 9.17) is 0 Å². The number of H-pyrrole nitrogens is 1. The molecule has 0 aliphatic carbocycles. The Morgan fingerprint density at radius 3 is 2.41 bits per heavy atom. The number of amides is 1. The van der Waals surface area contributed by atoms with Crippen molar-refractivity contribution in [2.24, 2.45) is 0 Å². The number of aromatic amines is 1. The smallest absolute Gasteiger partial charge is 0.331 e. The molecule has 2 heterocycles. The summed E-state index contributed by atoms with van der Waals surface area (Å²) >= 11 is 0. The molecule has 1 amide bonds. The molecule has 0 atom stereocenters. The van der Waals surface area contributed by atoms with Gasteiger partial charge in [0.15, 0.2) is 0 Å². The van der Waals surface area contributed by atoms with Crippen molar-refractivity contribution in [1.29, 1.82) is 0 Å². The van der Waals surface area contributed by atoms with Gasteiger partial charge >= 0.3 is 6.18 Å². The first-order chi connectivity index (χ1) is 12.8. The predicted molar refractivity (Wildman–Crippen MR) is 92.2 cm³/mol. The molecule has 0 radical (unpaired) electrons. The van der Waals surface area contributed by atoms with E-state index in [1.165, 1.54) is 24.3 Å². The Bertz CT molecular complexity index is 826. The van der Waals surface area contributed by atoms with Crippen LogP contribution in [-0.4, -0.2) is 37.0 Å². The van der Waals surface area contributed by atoms with Crippen molar-refractivity contribution in [3.63, 3.8) is 0 Å². The molecule has 1 aromatic carbocycles. The third-order valence-electron chi connectivity index (χ3n) is 4.32. The topological polar surface area (TPSA) is 37.7 Å². The Hall–Kier alpha value is -2.90. The van der Waals surface area contributed by atoms with Crippen LogP contribution in [-0.2, 0) is 11.0 Å².